The summed E-state index contributed by atoms with van der Waals surface area (Å²) in [5, 5.41) is 11.6. The van der Waals surface area contributed by atoms with Crippen LogP contribution in [0.5, 0.6) is 0 Å². The first kappa shape index (κ1) is 52.5. The van der Waals surface area contributed by atoms with Gasteiger partial charge in [0.15, 0.2) is 6.10 Å². The van der Waals surface area contributed by atoms with Gasteiger partial charge in [-0.3, -0.25) is 9.59 Å². The van der Waals surface area contributed by atoms with Crippen LogP contribution in [0.15, 0.2) is 85.1 Å². The molecule has 2 atom stereocenters. The second kappa shape index (κ2) is 38.4. The Hall–Kier alpha value is -3.49. The number of likely N-dealkylation sites (N-methyl/N-ethyl adjacent to an activating group) is 1. The number of nitrogens with zero attached hydrogens (tertiary/aromatic N) is 1. The lowest BCUT2D eigenvalue weighted by Gasteiger charge is -2.34. The van der Waals surface area contributed by atoms with Gasteiger partial charge in [0.2, 0.25) is 0 Å². The third-order valence-electron chi connectivity index (χ3n) is 9.18. The average molecular weight is 782 g/mol. The van der Waals surface area contributed by atoms with E-state index in [0.717, 1.165) is 44.9 Å². The summed E-state index contributed by atoms with van der Waals surface area (Å²) >= 11 is 0. The highest BCUT2D eigenvalue weighted by Crippen LogP contribution is 2.13. The van der Waals surface area contributed by atoms with E-state index in [4.69, 9.17) is 14.2 Å². The Labute approximate surface area is 342 Å². The number of hydrogen-bond donors (Lipinski definition) is 0. The zero-order valence-corrected chi connectivity index (χ0v) is 36.0. The summed E-state index contributed by atoms with van der Waals surface area (Å²) in [6.07, 6.45) is 48.9. The topological polar surface area (TPSA) is 102 Å². The van der Waals surface area contributed by atoms with E-state index in [1.54, 1.807) is 21.1 Å². The third kappa shape index (κ3) is 36.2. The standard InChI is InChI=1S/C48H79NO7/c1-6-8-10-12-14-16-18-20-22-23-25-27-29-31-33-35-37-39-47(51)56-44(42-54-41-40-45(48(52)53)49(3,4)5)43-55-46(50)38-36-34-32-30-28-26-24-21-19-17-15-13-11-9-7-2/h8,10,12,14,16-20,22-23,25,27,29,44-45H,6-7,9,11,13,15,21,24,26,28,30-43H2,1-5H3/b10-8+,14-12+,18-16+,19-17+,22-20+,25-23+,29-27+. The monoisotopic (exact) mass is 782 g/mol. The highest BCUT2D eigenvalue weighted by Gasteiger charge is 2.25. The molecule has 0 aromatic carbocycles. The number of unbranched alkanes of at least 4 members (excludes halogenated alkanes) is 14. The van der Waals surface area contributed by atoms with Crippen molar-refractivity contribution >= 4 is 17.9 Å². The van der Waals surface area contributed by atoms with Crippen LogP contribution in [0.25, 0.3) is 0 Å². The summed E-state index contributed by atoms with van der Waals surface area (Å²) in [7, 11) is 5.38. The van der Waals surface area contributed by atoms with Gasteiger partial charge in [0.25, 0.3) is 0 Å². The van der Waals surface area contributed by atoms with Crippen molar-refractivity contribution in [2.75, 3.05) is 41.0 Å². The molecule has 0 spiro atoms. The number of carboxylic acid groups (broad SMARTS) is 1. The molecule has 56 heavy (non-hydrogen) atoms. The lowest BCUT2D eigenvalue weighted by atomic mass is 10.1. The number of aliphatic carboxylic acids is 1. The number of carbonyl (C=O) groups excluding carboxylic acids is 3. The van der Waals surface area contributed by atoms with Gasteiger partial charge in [-0.15, -0.1) is 0 Å². The van der Waals surface area contributed by atoms with E-state index in [9.17, 15) is 19.5 Å². The predicted molar refractivity (Wildman–Crippen MR) is 231 cm³/mol. The van der Waals surface area contributed by atoms with Gasteiger partial charge in [-0.25, -0.2) is 0 Å². The van der Waals surface area contributed by atoms with Gasteiger partial charge >= 0.3 is 11.9 Å². The van der Waals surface area contributed by atoms with E-state index in [2.05, 4.69) is 38.2 Å². The highest BCUT2D eigenvalue weighted by molar-refractivity contribution is 5.70. The molecule has 0 aliphatic heterocycles. The summed E-state index contributed by atoms with van der Waals surface area (Å²) in [5.41, 5.74) is 0. The number of rotatable bonds is 37. The largest absolute Gasteiger partial charge is 0.544 e. The molecule has 318 valence electrons. The van der Waals surface area contributed by atoms with Crippen LogP contribution >= 0.6 is 0 Å². The molecule has 0 amide bonds. The van der Waals surface area contributed by atoms with Crippen LogP contribution in [0.2, 0.25) is 0 Å². The summed E-state index contributed by atoms with van der Waals surface area (Å²) in [4.78, 5) is 36.8. The van der Waals surface area contributed by atoms with Gasteiger partial charge in [-0.1, -0.05) is 157 Å². The molecule has 0 saturated heterocycles. The average Bonchev–Trinajstić information content (AvgIpc) is 3.15. The molecule has 0 fully saturated rings. The fraction of sp³-hybridized carbons (Fsp3) is 0.646. The highest BCUT2D eigenvalue weighted by atomic mass is 16.6. The predicted octanol–water partition coefficient (Wildman–Crippen LogP) is 10.4. The van der Waals surface area contributed by atoms with Crippen LogP contribution in [0.3, 0.4) is 0 Å². The van der Waals surface area contributed by atoms with Gasteiger partial charge < -0.3 is 28.6 Å². The number of quaternary nitrogens is 1. The Bertz CT molecular complexity index is 1190. The Morgan fingerprint density at radius 1 is 0.554 bits per heavy atom. The summed E-state index contributed by atoms with van der Waals surface area (Å²) in [5.74, 6) is -1.81. The molecule has 0 bridgehead atoms. The van der Waals surface area contributed by atoms with E-state index in [-0.39, 0.29) is 49.1 Å². The van der Waals surface area contributed by atoms with E-state index in [0.29, 0.717) is 12.8 Å². The lowest BCUT2D eigenvalue weighted by Crippen LogP contribution is -2.55. The van der Waals surface area contributed by atoms with Gasteiger partial charge in [-0.05, 0) is 57.8 Å². The van der Waals surface area contributed by atoms with Gasteiger partial charge in [0.05, 0.1) is 40.3 Å². The number of hydrogen-bond acceptors (Lipinski definition) is 7. The molecule has 0 aromatic rings. The summed E-state index contributed by atoms with van der Waals surface area (Å²) in [6.45, 7) is 4.43. The van der Waals surface area contributed by atoms with Crippen LogP contribution in [-0.4, -0.2) is 75.5 Å². The lowest BCUT2D eigenvalue weighted by molar-refractivity contribution is -0.889. The summed E-state index contributed by atoms with van der Waals surface area (Å²) < 4.78 is 17.1. The van der Waals surface area contributed by atoms with Crippen LogP contribution in [-0.2, 0) is 28.6 Å². The second-order valence-electron chi connectivity index (χ2n) is 15.3. The Kier molecular flexibility index (Phi) is 36.0. The molecule has 0 saturated carbocycles. The Morgan fingerprint density at radius 2 is 1.02 bits per heavy atom. The number of allylic oxidation sites excluding steroid dienone is 14. The van der Waals surface area contributed by atoms with Gasteiger partial charge in [-0.2, -0.15) is 0 Å². The minimum absolute atomic E-state index is 0.0160. The molecule has 2 unspecified atom stereocenters. The molecule has 0 heterocycles. The number of carboxylic acids is 1. The molecule has 0 N–H and O–H groups in total. The maximum atomic E-state index is 12.7. The van der Waals surface area contributed by atoms with Crippen molar-refractivity contribution in [2.45, 2.75) is 161 Å². The fourth-order valence-corrected chi connectivity index (χ4v) is 5.80. The van der Waals surface area contributed by atoms with Crippen molar-refractivity contribution in [3.8, 4) is 0 Å². The van der Waals surface area contributed by atoms with Crippen molar-refractivity contribution in [3.63, 3.8) is 0 Å². The second-order valence-corrected chi connectivity index (χ2v) is 15.3. The molecule has 0 aliphatic rings. The van der Waals surface area contributed by atoms with Crippen LogP contribution in [0, 0.1) is 0 Å². The normalized spacial score (nSPS) is 13.8. The maximum absolute atomic E-state index is 12.7. The van der Waals surface area contributed by atoms with Crippen LogP contribution in [0.1, 0.15) is 149 Å². The van der Waals surface area contributed by atoms with Crippen molar-refractivity contribution in [3.05, 3.63) is 85.1 Å². The van der Waals surface area contributed by atoms with Gasteiger partial charge in [0, 0.05) is 19.3 Å². The number of esters is 2. The summed E-state index contributed by atoms with van der Waals surface area (Å²) in [6, 6.07) is -0.739. The van der Waals surface area contributed by atoms with E-state index in [1.807, 2.05) is 60.8 Å². The van der Waals surface area contributed by atoms with Gasteiger partial charge in [0.1, 0.15) is 12.6 Å². The van der Waals surface area contributed by atoms with Crippen molar-refractivity contribution in [1.29, 1.82) is 0 Å². The van der Waals surface area contributed by atoms with Crippen LogP contribution in [0.4, 0.5) is 0 Å². The third-order valence-corrected chi connectivity index (χ3v) is 9.18. The van der Waals surface area contributed by atoms with Crippen molar-refractivity contribution < 1.29 is 38.2 Å². The van der Waals surface area contributed by atoms with E-state index >= 15 is 0 Å². The Morgan fingerprint density at radius 3 is 1.55 bits per heavy atom. The van der Waals surface area contributed by atoms with E-state index in [1.165, 1.54) is 64.2 Å². The van der Waals surface area contributed by atoms with Crippen molar-refractivity contribution in [2.24, 2.45) is 0 Å². The first-order valence-corrected chi connectivity index (χ1v) is 21.7. The first-order chi connectivity index (χ1) is 27.1. The fourth-order valence-electron chi connectivity index (χ4n) is 5.80. The number of carbonyl (C=O) groups is 3. The zero-order chi connectivity index (χ0) is 41.4. The molecular formula is C48H79NO7. The molecule has 0 rings (SSSR count). The molecule has 8 nitrogen and oxygen atoms in total. The minimum Gasteiger partial charge on any atom is -0.544 e. The molecular weight excluding hydrogens is 703 g/mol. The van der Waals surface area contributed by atoms with E-state index < -0.39 is 18.1 Å². The van der Waals surface area contributed by atoms with Crippen molar-refractivity contribution in [1.82, 2.24) is 0 Å². The molecule has 0 radical (unpaired) electrons. The molecule has 0 aromatic heterocycles. The first-order valence-electron chi connectivity index (χ1n) is 21.7. The Balaban J connectivity index is 4.48. The zero-order valence-electron chi connectivity index (χ0n) is 36.0. The van der Waals surface area contributed by atoms with Crippen LogP contribution < -0.4 is 5.11 Å². The minimum atomic E-state index is -1.14. The smallest absolute Gasteiger partial charge is 0.306 e. The molecule has 0 aliphatic carbocycles. The quantitative estimate of drug-likeness (QED) is 0.0203. The molecule has 8 heteroatoms. The maximum Gasteiger partial charge on any atom is 0.306 e. The number of ether oxygens (including phenoxy) is 3. The SMILES string of the molecule is CC/C=C/C=C/C=C/C=C/C=C/C=C/CCCCCC(=O)OC(COCCC(C(=O)[O-])[N+](C)(C)C)COC(=O)CCCCCCCCC/C=C/CCCCCC.